The average Bonchev–Trinajstić information content (AvgIpc) is 2.83. The van der Waals surface area contributed by atoms with Gasteiger partial charge in [0.1, 0.15) is 5.69 Å². The number of aromatic nitrogens is 2. The second kappa shape index (κ2) is 7.09. The van der Waals surface area contributed by atoms with Gasteiger partial charge in [-0.15, -0.1) is 0 Å². The molecule has 4 nitrogen and oxygen atoms in total. The Morgan fingerprint density at radius 1 is 1.47 bits per heavy atom. The molecular formula is C13H22N2O2. The zero-order valence-electron chi connectivity index (χ0n) is 11.0. The summed E-state index contributed by atoms with van der Waals surface area (Å²) in [6, 6.07) is 0.346. The molecule has 0 saturated heterocycles. The Morgan fingerprint density at radius 2 is 2.24 bits per heavy atom. The molecule has 0 saturated carbocycles. The monoisotopic (exact) mass is 238 g/mol. The van der Waals surface area contributed by atoms with Crippen LogP contribution in [0.1, 0.15) is 62.5 Å². The number of methoxy groups -OCH3 is 1. The van der Waals surface area contributed by atoms with Gasteiger partial charge in [0, 0.05) is 6.04 Å². The summed E-state index contributed by atoms with van der Waals surface area (Å²) in [7, 11) is 1.40. The normalized spacial score (nSPS) is 12.4. The van der Waals surface area contributed by atoms with Crippen molar-refractivity contribution in [2.45, 2.75) is 52.0 Å². The summed E-state index contributed by atoms with van der Waals surface area (Å²) in [5.74, 6) is -0.309. The van der Waals surface area contributed by atoms with Crippen LogP contribution in [0.3, 0.4) is 0 Å². The highest BCUT2D eigenvalue weighted by Crippen LogP contribution is 2.21. The molecule has 96 valence electrons. The number of unbranched alkanes of at least 4 members (excludes halogenated alkanes) is 2. The molecule has 1 atom stereocenters. The van der Waals surface area contributed by atoms with E-state index >= 15 is 0 Å². The van der Waals surface area contributed by atoms with Crippen LogP contribution in [-0.2, 0) is 4.74 Å². The Bertz CT molecular complexity index is 347. The maximum Gasteiger partial charge on any atom is 0.356 e. The summed E-state index contributed by atoms with van der Waals surface area (Å²) < 4.78 is 6.70. The molecule has 1 aromatic heterocycles. The van der Waals surface area contributed by atoms with Gasteiger partial charge in [-0.2, -0.15) is 0 Å². The zero-order chi connectivity index (χ0) is 12.7. The van der Waals surface area contributed by atoms with Crippen LogP contribution in [0.2, 0.25) is 0 Å². The minimum atomic E-state index is -0.309. The summed E-state index contributed by atoms with van der Waals surface area (Å²) >= 11 is 0. The van der Waals surface area contributed by atoms with Gasteiger partial charge in [-0.1, -0.05) is 33.1 Å². The van der Waals surface area contributed by atoms with Gasteiger partial charge >= 0.3 is 5.97 Å². The van der Waals surface area contributed by atoms with Gasteiger partial charge in [0.05, 0.1) is 19.6 Å². The largest absolute Gasteiger partial charge is 0.464 e. The fraction of sp³-hybridized carbons (Fsp3) is 0.692. The van der Waals surface area contributed by atoms with Gasteiger partial charge < -0.3 is 9.30 Å². The first-order valence-corrected chi connectivity index (χ1v) is 6.34. The topological polar surface area (TPSA) is 44.1 Å². The first-order valence-electron chi connectivity index (χ1n) is 6.34. The summed E-state index contributed by atoms with van der Waals surface area (Å²) in [5, 5.41) is 0. The van der Waals surface area contributed by atoms with Crippen LogP contribution in [0.25, 0.3) is 0 Å². The molecule has 1 rings (SSSR count). The van der Waals surface area contributed by atoms with E-state index in [9.17, 15) is 4.79 Å². The zero-order valence-corrected chi connectivity index (χ0v) is 11.0. The van der Waals surface area contributed by atoms with Crippen LogP contribution < -0.4 is 0 Å². The molecule has 1 heterocycles. The standard InChI is InChI=1S/C13H22N2O2/c1-4-6-7-8-11(5-2)15-10-14-9-12(15)13(16)17-3/h9-11H,4-8H2,1-3H3. The molecule has 0 aliphatic heterocycles. The Balaban J connectivity index is 2.74. The van der Waals surface area contributed by atoms with Gasteiger partial charge in [-0.25, -0.2) is 9.78 Å². The van der Waals surface area contributed by atoms with E-state index in [0.29, 0.717) is 11.7 Å². The van der Waals surface area contributed by atoms with Crippen molar-refractivity contribution in [1.82, 2.24) is 9.55 Å². The number of esters is 1. The number of hydrogen-bond donors (Lipinski definition) is 0. The highest BCUT2D eigenvalue weighted by atomic mass is 16.5. The number of carbonyl (C=O) groups is 1. The average molecular weight is 238 g/mol. The highest BCUT2D eigenvalue weighted by molar-refractivity contribution is 5.87. The van der Waals surface area contributed by atoms with Crippen molar-refractivity contribution in [1.29, 1.82) is 0 Å². The van der Waals surface area contributed by atoms with Gasteiger partial charge in [0.2, 0.25) is 0 Å². The van der Waals surface area contributed by atoms with Crippen molar-refractivity contribution in [2.24, 2.45) is 0 Å². The van der Waals surface area contributed by atoms with E-state index in [-0.39, 0.29) is 5.97 Å². The van der Waals surface area contributed by atoms with E-state index in [1.165, 1.54) is 26.4 Å². The smallest absolute Gasteiger partial charge is 0.356 e. The third kappa shape index (κ3) is 3.58. The fourth-order valence-electron chi connectivity index (χ4n) is 2.03. The Labute approximate surface area is 103 Å². The van der Waals surface area contributed by atoms with E-state index in [1.54, 1.807) is 12.5 Å². The van der Waals surface area contributed by atoms with Crippen molar-refractivity contribution < 1.29 is 9.53 Å². The SMILES string of the molecule is CCCCCC(CC)n1cncc1C(=O)OC. The third-order valence-corrected chi connectivity index (χ3v) is 3.07. The lowest BCUT2D eigenvalue weighted by atomic mass is 10.1. The van der Waals surface area contributed by atoms with E-state index in [0.717, 1.165) is 12.8 Å². The molecule has 0 bridgehead atoms. The first-order chi connectivity index (χ1) is 8.24. The van der Waals surface area contributed by atoms with Gasteiger partial charge in [0.15, 0.2) is 0 Å². The van der Waals surface area contributed by atoms with Crippen LogP contribution in [-0.4, -0.2) is 22.6 Å². The molecule has 17 heavy (non-hydrogen) atoms. The number of ether oxygens (including phenoxy) is 1. The Kier molecular flexibility index (Phi) is 5.73. The van der Waals surface area contributed by atoms with Crippen molar-refractivity contribution >= 4 is 5.97 Å². The number of rotatable bonds is 7. The number of carbonyl (C=O) groups excluding carboxylic acids is 1. The molecule has 1 aromatic rings. The van der Waals surface area contributed by atoms with Crippen molar-refractivity contribution in [3.63, 3.8) is 0 Å². The summed E-state index contributed by atoms with van der Waals surface area (Å²) in [6.07, 6.45) is 9.03. The molecule has 1 unspecified atom stereocenters. The van der Waals surface area contributed by atoms with Crippen molar-refractivity contribution in [2.75, 3.05) is 7.11 Å². The maximum absolute atomic E-state index is 11.6. The van der Waals surface area contributed by atoms with Crippen LogP contribution in [0.5, 0.6) is 0 Å². The van der Waals surface area contributed by atoms with Gasteiger partial charge in [0.25, 0.3) is 0 Å². The van der Waals surface area contributed by atoms with Crippen molar-refractivity contribution in [3.05, 3.63) is 18.2 Å². The maximum atomic E-state index is 11.6. The molecule has 0 aliphatic rings. The summed E-state index contributed by atoms with van der Waals surface area (Å²) in [4.78, 5) is 15.6. The van der Waals surface area contributed by atoms with Gasteiger partial charge in [-0.05, 0) is 12.8 Å². The first kappa shape index (κ1) is 13.7. The van der Waals surface area contributed by atoms with E-state index in [2.05, 4.69) is 18.8 Å². The molecule has 0 fully saturated rings. The van der Waals surface area contributed by atoms with Crippen molar-refractivity contribution in [3.8, 4) is 0 Å². The lowest BCUT2D eigenvalue weighted by molar-refractivity contribution is 0.0585. The third-order valence-electron chi connectivity index (χ3n) is 3.07. The number of nitrogens with zero attached hydrogens (tertiary/aromatic N) is 2. The lowest BCUT2D eigenvalue weighted by Gasteiger charge is -2.18. The highest BCUT2D eigenvalue weighted by Gasteiger charge is 2.17. The Morgan fingerprint density at radius 3 is 2.82 bits per heavy atom. The Hall–Kier alpha value is -1.32. The molecule has 0 spiro atoms. The van der Waals surface area contributed by atoms with E-state index < -0.39 is 0 Å². The fourth-order valence-corrected chi connectivity index (χ4v) is 2.03. The minimum Gasteiger partial charge on any atom is -0.464 e. The van der Waals surface area contributed by atoms with Crippen LogP contribution in [0.4, 0.5) is 0 Å². The van der Waals surface area contributed by atoms with Crippen LogP contribution in [0.15, 0.2) is 12.5 Å². The second-order valence-corrected chi connectivity index (χ2v) is 4.24. The quantitative estimate of drug-likeness (QED) is 0.541. The van der Waals surface area contributed by atoms with Crippen LogP contribution in [0, 0.1) is 0 Å². The molecule has 0 radical (unpaired) electrons. The van der Waals surface area contributed by atoms with E-state index in [4.69, 9.17) is 4.74 Å². The molecule has 0 amide bonds. The predicted octanol–water partition coefficient (Wildman–Crippen LogP) is 3.20. The molecular weight excluding hydrogens is 216 g/mol. The molecule has 0 N–H and O–H groups in total. The van der Waals surface area contributed by atoms with E-state index in [1.807, 2.05) is 4.57 Å². The predicted molar refractivity (Wildman–Crippen MR) is 67.0 cm³/mol. The summed E-state index contributed by atoms with van der Waals surface area (Å²) in [6.45, 7) is 4.33. The van der Waals surface area contributed by atoms with Crippen LogP contribution >= 0.6 is 0 Å². The lowest BCUT2D eigenvalue weighted by Crippen LogP contribution is -2.15. The molecule has 0 aliphatic carbocycles. The molecule has 0 aromatic carbocycles. The number of hydrogen-bond acceptors (Lipinski definition) is 3. The second-order valence-electron chi connectivity index (χ2n) is 4.24. The number of imidazole rings is 1. The minimum absolute atomic E-state index is 0.309. The molecule has 4 heteroatoms. The van der Waals surface area contributed by atoms with Gasteiger partial charge in [-0.3, -0.25) is 0 Å². The summed E-state index contributed by atoms with van der Waals surface area (Å²) in [5.41, 5.74) is 0.552.